The Kier molecular flexibility index (Phi) is 1.92. The van der Waals surface area contributed by atoms with E-state index in [9.17, 15) is 4.79 Å². The fourth-order valence-electron chi connectivity index (χ4n) is 1.08. The second kappa shape index (κ2) is 3.23. The van der Waals surface area contributed by atoms with Crippen molar-refractivity contribution in [3.05, 3.63) is 36.2 Å². The van der Waals surface area contributed by atoms with Gasteiger partial charge in [-0.05, 0) is 18.2 Å². The second-order valence-corrected chi connectivity index (χ2v) is 2.52. The summed E-state index contributed by atoms with van der Waals surface area (Å²) in [5, 5.41) is 0. The molecule has 0 amide bonds. The SMILES string of the molecule is O=CC=Cc1nc2ccccc2o1. The van der Waals surface area contributed by atoms with Gasteiger partial charge >= 0.3 is 0 Å². The summed E-state index contributed by atoms with van der Waals surface area (Å²) in [7, 11) is 0. The van der Waals surface area contributed by atoms with Gasteiger partial charge in [-0.3, -0.25) is 4.79 Å². The van der Waals surface area contributed by atoms with Crippen LogP contribution in [0.15, 0.2) is 34.8 Å². The Morgan fingerprint density at radius 1 is 1.31 bits per heavy atom. The maximum Gasteiger partial charge on any atom is 0.220 e. The van der Waals surface area contributed by atoms with Crippen LogP contribution in [0.25, 0.3) is 17.2 Å². The quantitative estimate of drug-likeness (QED) is 0.515. The summed E-state index contributed by atoms with van der Waals surface area (Å²) in [5.41, 5.74) is 1.53. The summed E-state index contributed by atoms with van der Waals surface area (Å²) in [5.74, 6) is 0.452. The average molecular weight is 173 g/mol. The summed E-state index contributed by atoms with van der Waals surface area (Å²) in [6.07, 6.45) is 3.58. The molecule has 0 aliphatic rings. The van der Waals surface area contributed by atoms with E-state index in [0.29, 0.717) is 12.2 Å². The maximum atomic E-state index is 10.0. The Hall–Kier alpha value is -1.90. The van der Waals surface area contributed by atoms with E-state index in [0.717, 1.165) is 11.1 Å². The first-order chi connectivity index (χ1) is 6.40. The van der Waals surface area contributed by atoms with Crippen molar-refractivity contribution >= 4 is 23.5 Å². The van der Waals surface area contributed by atoms with Gasteiger partial charge in [0.05, 0.1) is 0 Å². The van der Waals surface area contributed by atoms with Crippen molar-refractivity contribution in [2.45, 2.75) is 0 Å². The van der Waals surface area contributed by atoms with E-state index in [1.54, 1.807) is 0 Å². The third kappa shape index (κ3) is 1.49. The lowest BCUT2D eigenvalue weighted by molar-refractivity contribution is -0.104. The smallest absolute Gasteiger partial charge is 0.220 e. The normalized spacial score (nSPS) is 11.1. The molecule has 64 valence electrons. The molecule has 0 N–H and O–H groups in total. The third-order valence-electron chi connectivity index (χ3n) is 1.63. The monoisotopic (exact) mass is 173 g/mol. The molecule has 3 nitrogen and oxygen atoms in total. The van der Waals surface area contributed by atoms with Gasteiger partial charge < -0.3 is 4.42 Å². The molecule has 2 rings (SSSR count). The summed E-state index contributed by atoms with van der Waals surface area (Å²) in [6.45, 7) is 0. The fourth-order valence-corrected chi connectivity index (χ4v) is 1.08. The number of aldehydes is 1. The van der Waals surface area contributed by atoms with Crippen LogP contribution < -0.4 is 0 Å². The number of fused-ring (bicyclic) bond motifs is 1. The molecular weight excluding hydrogens is 166 g/mol. The van der Waals surface area contributed by atoms with Crippen LogP contribution in [0, 0.1) is 0 Å². The van der Waals surface area contributed by atoms with Gasteiger partial charge in [-0.2, -0.15) is 0 Å². The van der Waals surface area contributed by atoms with Crippen LogP contribution in [0.2, 0.25) is 0 Å². The molecule has 1 aromatic carbocycles. The molecule has 2 aromatic rings. The van der Waals surface area contributed by atoms with Crippen LogP contribution in [0.5, 0.6) is 0 Å². The lowest BCUT2D eigenvalue weighted by Crippen LogP contribution is -1.68. The standard InChI is InChI=1S/C10H7NO2/c12-7-3-6-10-11-8-4-1-2-5-9(8)13-10/h1-7H. The number of carbonyl (C=O) groups is 1. The second-order valence-electron chi connectivity index (χ2n) is 2.52. The Balaban J connectivity index is 2.49. The summed E-state index contributed by atoms with van der Waals surface area (Å²) >= 11 is 0. The van der Waals surface area contributed by atoms with E-state index >= 15 is 0 Å². The van der Waals surface area contributed by atoms with Crippen molar-refractivity contribution in [3.8, 4) is 0 Å². The molecule has 0 unspecified atom stereocenters. The molecule has 0 saturated heterocycles. The highest BCUT2D eigenvalue weighted by Gasteiger charge is 1.99. The van der Waals surface area contributed by atoms with Crippen LogP contribution >= 0.6 is 0 Å². The lowest BCUT2D eigenvalue weighted by Gasteiger charge is -1.79. The van der Waals surface area contributed by atoms with Gasteiger partial charge in [0.2, 0.25) is 5.89 Å². The minimum absolute atomic E-state index is 0.452. The zero-order valence-electron chi connectivity index (χ0n) is 6.81. The first-order valence-electron chi connectivity index (χ1n) is 3.87. The van der Waals surface area contributed by atoms with Gasteiger partial charge in [0, 0.05) is 6.08 Å². The van der Waals surface area contributed by atoms with Crippen molar-refractivity contribution in [3.63, 3.8) is 0 Å². The molecule has 0 radical (unpaired) electrons. The van der Waals surface area contributed by atoms with Crippen LogP contribution in [0.1, 0.15) is 5.89 Å². The molecule has 13 heavy (non-hydrogen) atoms. The largest absolute Gasteiger partial charge is 0.437 e. The van der Waals surface area contributed by atoms with E-state index in [2.05, 4.69) is 4.98 Å². The predicted molar refractivity (Wildman–Crippen MR) is 49.1 cm³/mol. The van der Waals surface area contributed by atoms with Gasteiger partial charge in [0.15, 0.2) is 5.58 Å². The highest BCUT2D eigenvalue weighted by Crippen LogP contribution is 2.14. The Bertz CT molecular complexity index is 424. The van der Waals surface area contributed by atoms with Crippen molar-refractivity contribution < 1.29 is 9.21 Å². The van der Waals surface area contributed by atoms with Crippen molar-refractivity contribution in [2.75, 3.05) is 0 Å². The molecule has 0 fully saturated rings. The van der Waals surface area contributed by atoms with Crippen molar-refractivity contribution in [1.29, 1.82) is 0 Å². The van der Waals surface area contributed by atoms with E-state index in [1.807, 2.05) is 24.3 Å². The number of aromatic nitrogens is 1. The highest BCUT2D eigenvalue weighted by atomic mass is 16.3. The lowest BCUT2D eigenvalue weighted by atomic mass is 10.3. The number of hydrogen-bond donors (Lipinski definition) is 0. The average Bonchev–Trinajstić information content (AvgIpc) is 2.57. The molecule has 0 aliphatic heterocycles. The van der Waals surface area contributed by atoms with Crippen LogP contribution in [0.3, 0.4) is 0 Å². The molecule has 3 heteroatoms. The van der Waals surface area contributed by atoms with Crippen LogP contribution in [-0.2, 0) is 4.79 Å². The number of para-hydroxylation sites is 2. The zero-order chi connectivity index (χ0) is 9.10. The number of benzene rings is 1. The predicted octanol–water partition coefficient (Wildman–Crippen LogP) is 2.04. The summed E-state index contributed by atoms with van der Waals surface area (Å²) in [4.78, 5) is 14.2. The molecule has 0 spiro atoms. The van der Waals surface area contributed by atoms with Gasteiger partial charge in [-0.1, -0.05) is 12.1 Å². The molecule has 1 heterocycles. The topological polar surface area (TPSA) is 43.1 Å². The van der Waals surface area contributed by atoms with E-state index < -0.39 is 0 Å². The van der Waals surface area contributed by atoms with E-state index in [4.69, 9.17) is 4.42 Å². The van der Waals surface area contributed by atoms with Crippen molar-refractivity contribution in [2.24, 2.45) is 0 Å². The number of hydrogen-bond acceptors (Lipinski definition) is 3. The highest BCUT2D eigenvalue weighted by molar-refractivity contribution is 5.76. The number of rotatable bonds is 2. The Morgan fingerprint density at radius 3 is 2.92 bits per heavy atom. The molecular formula is C10H7NO2. The summed E-state index contributed by atoms with van der Waals surface area (Å²) < 4.78 is 5.31. The van der Waals surface area contributed by atoms with Crippen LogP contribution in [-0.4, -0.2) is 11.3 Å². The number of oxazole rings is 1. The van der Waals surface area contributed by atoms with E-state index in [-0.39, 0.29) is 0 Å². The van der Waals surface area contributed by atoms with Gasteiger partial charge in [-0.25, -0.2) is 4.98 Å². The first-order valence-corrected chi connectivity index (χ1v) is 3.87. The van der Waals surface area contributed by atoms with Gasteiger partial charge in [-0.15, -0.1) is 0 Å². The maximum absolute atomic E-state index is 10.0. The molecule has 0 aliphatic carbocycles. The minimum atomic E-state index is 0.452. The number of nitrogens with zero attached hydrogens (tertiary/aromatic N) is 1. The molecule has 0 saturated carbocycles. The molecule has 0 atom stereocenters. The fraction of sp³-hybridized carbons (Fsp3) is 0. The third-order valence-corrected chi connectivity index (χ3v) is 1.63. The zero-order valence-corrected chi connectivity index (χ0v) is 6.81. The van der Waals surface area contributed by atoms with Gasteiger partial charge in [0.25, 0.3) is 0 Å². The number of allylic oxidation sites excluding steroid dienone is 1. The molecule has 1 aromatic heterocycles. The van der Waals surface area contributed by atoms with Crippen LogP contribution in [0.4, 0.5) is 0 Å². The summed E-state index contributed by atoms with van der Waals surface area (Å²) in [6, 6.07) is 7.45. The molecule has 0 bridgehead atoms. The number of carbonyl (C=O) groups excluding carboxylic acids is 1. The van der Waals surface area contributed by atoms with Gasteiger partial charge in [0.1, 0.15) is 11.8 Å². The Morgan fingerprint density at radius 2 is 2.15 bits per heavy atom. The minimum Gasteiger partial charge on any atom is -0.437 e. The first kappa shape index (κ1) is 7.73. The van der Waals surface area contributed by atoms with E-state index in [1.165, 1.54) is 12.2 Å². The van der Waals surface area contributed by atoms with Crippen molar-refractivity contribution in [1.82, 2.24) is 4.98 Å². The Labute approximate surface area is 74.7 Å².